The third kappa shape index (κ3) is 2.38. The van der Waals surface area contributed by atoms with E-state index in [1.807, 2.05) is 37.3 Å². The molecule has 3 rings (SSSR count). The van der Waals surface area contributed by atoms with E-state index >= 15 is 0 Å². The number of β-lactam (4-membered cyclic amide) rings is 1. The van der Waals surface area contributed by atoms with Crippen molar-refractivity contribution in [2.45, 2.75) is 25.6 Å². The number of furan rings is 1. The van der Waals surface area contributed by atoms with Crippen LogP contribution in [0.3, 0.4) is 0 Å². The van der Waals surface area contributed by atoms with Crippen molar-refractivity contribution in [3.63, 3.8) is 0 Å². The zero-order valence-electron chi connectivity index (χ0n) is 11.8. The Hall–Kier alpha value is -2.33. The molecule has 1 N–H and O–H groups in total. The lowest BCUT2D eigenvalue weighted by Gasteiger charge is -2.44. The van der Waals surface area contributed by atoms with E-state index in [0.717, 1.165) is 5.56 Å². The quantitative estimate of drug-likeness (QED) is 0.693. The van der Waals surface area contributed by atoms with Gasteiger partial charge in [0.25, 0.3) is 5.91 Å². The first kappa shape index (κ1) is 13.6. The normalized spacial score (nSPS) is 21.4. The van der Waals surface area contributed by atoms with E-state index in [-0.39, 0.29) is 11.9 Å². The van der Waals surface area contributed by atoms with Crippen LogP contribution in [0.1, 0.15) is 24.4 Å². The van der Waals surface area contributed by atoms with Crippen molar-refractivity contribution in [1.29, 1.82) is 0 Å². The lowest BCUT2D eigenvalue weighted by atomic mass is 9.87. The van der Waals surface area contributed by atoms with Crippen molar-refractivity contribution < 1.29 is 14.3 Å². The van der Waals surface area contributed by atoms with Gasteiger partial charge in [-0.3, -0.25) is 4.79 Å². The summed E-state index contributed by atoms with van der Waals surface area (Å²) in [5.74, 6) is 0.446. The number of carbonyl (C=O) groups is 1. The first-order valence-corrected chi connectivity index (χ1v) is 6.95. The molecule has 1 aliphatic rings. The minimum Gasteiger partial charge on any atom is -0.466 e. The smallest absolute Gasteiger partial charge is 0.252 e. The molecule has 108 valence electrons. The summed E-state index contributed by atoms with van der Waals surface area (Å²) in [6.45, 7) is 2.30. The highest BCUT2D eigenvalue weighted by Gasteiger charge is 2.46. The van der Waals surface area contributed by atoms with Crippen LogP contribution in [0.5, 0.6) is 0 Å². The van der Waals surface area contributed by atoms with Gasteiger partial charge in [0.1, 0.15) is 11.9 Å². The van der Waals surface area contributed by atoms with E-state index in [0.29, 0.717) is 17.9 Å². The van der Waals surface area contributed by atoms with Crippen LogP contribution in [-0.2, 0) is 11.3 Å². The van der Waals surface area contributed by atoms with Gasteiger partial charge in [0, 0.05) is 12.1 Å². The van der Waals surface area contributed by atoms with Gasteiger partial charge in [-0.2, -0.15) is 0 Å². The standard InChI is InChI=1S/C17H17NO3/c1-2-13-15(16(19)14-9-6-10-21-14)18(17(13)20)11-12-7-4-3-5-8-12/h2-10,15-16,19H,11H2,1H3/b13-2-. The largest absolute Gasteiger partial charge is 0.466 e. The minimum atomic E-state index is -0.840. The number of hydrogen-bond acceptors (Lipinski definition) is 3. The summed E-state index contributed by atoms with van der Waals surface area (Å²) >= 11 is 0. The fourth-order valence-electron chi connectivity index (χ4n) is 2.72. The highest BCUT2D eigenvalue weighted by atomic mass is 16.4. The van der Waals surface area contributed by atoms with E-state index in [1.165, 1.54) is 6.26 Å². The molecule has 0 saturated carbocycles. The molecule has 4 nitrogen and oxygen atoms in total. The summed E-state index contributed by atoms with van der Waals surface area (Å²) in [5.41, 5.74) is 1.67. The molecule has 1 aromatic heterocycles. The monoisotopic (exact) mass is 283 g/mol. The van der Waals surface area contributed by atoms with Crippen molar-refractivity contribution in [3.05, 3.63) is 71.7 Å². The zero-order valence-corrected chi connectivity index (χ0v) is 11.8. The minimum absolute atomic E-state index is 0.0306. The molecular weight excluding hydrogens is 266 g/mol. The van der Waals surface area contributed by atoms with Crippen LogP contribution < -0.4 is 0 Å². The number of likely N-dealkylation sites (tertiary alicyclic amines) is 1. The summed E-state index contributed by atoms with van der Waals surface area (Å²) in [5, 5.41) is 10.5. The molecule has 21 heavy (non-hydrogen) atoms. The Bertz CT molecular complexity index is 646. The maximum atomic E-state index is 12.2. The molecule has 0 radical (unpaired) electrons. The van der Waals surface area contributed by atoms with Gasteiger partial charge in [0.05, 0.1) is 12.3 Å². The molecule has 2 aromatic rings. The summed E-state index contributed by atoms with van der Waals surface area (Å²) in [7, 11) is 0. The molecule has 1 saturated heterocycles. The van der Waals surface area contributed by atoms with E-state index in [1.54, 1.807) is 23.1 Å². The Morgan fingerprint density at radius 1 is 1.29 bits per heavy atom. The summed E-state index contributed by atoms with van der Waals surface area (Å²) in [6, 6.07) is 12.9. The number of rotatable bonds is 4. The first-order valence-electron chi connectivity index (χ1n) is 6.95. The Kier molecular flexibility index (Phi) is 3.62. The molecule has 2 heterocycles. The van der Waals surface area contributed by atoms with E-state index in [4.69, 9.17) is 4.42 Å². The molecule has 1 fully saturated rings. The van der Waals surface area contributed by atoms with Crippen molar-refractivity contribution in [2.75, 3.05) is 0 Å². The molecule has 2 unspecified atom stereocenters. The Balaban J connectivity index is 1.83. The highest BCUT2D eigenvalue weighted by molar-refractivity contribution is 6.01. The molecule has 0 aliphatic carbocycles. The number of amides is 1. The molecule has 2 atom stereocenters. The lowest BCUT2D eigenvalue weighted by molar-refractivity contribution is -0.143. The summed E-state index contributed by atoms with van der Waals surface area (Å²) in [6.07, 6.45) is 2.45. The number of carbonyl (C=O) groups excluding carboxylic acids is 1. The maximum absolute atomic E-state index is 12.2. The van der Waals surface area contributed by atoms with Crippen molar-refractivity contribution in [2.24, 2.45) is 0 Å². The summed E-state index contributed by atoms with van der Waals surface area (Å²) < 4.78 is 5.26. The van der Waals surface area contributed by atoms with E-state index < -0.39 is 6.10 Å². The third-order valence-corrected chi connectivity index (χ3v) is 3.80. The van der Waals surface area contributed by atoms with Gasteiger partial charge < -0.3 is 14.4 Å². The average Bonchev–Trinajstić information content (AvgIpc) is 3.05. The van der Waals surface area contributed by atoms with Gasteiger partial charge in [-0.1, -0.05) is 36.4 Å². The second kappa shape index (κ2) is 5.58. The number of nitrogens with zero attached hydrogens (tertiary/aromatic N) is 1. The van der Waals surface area contributed by atoms with Crippen LogP contribution in [0.15, 0.2) is 64.8 Å². The van der Waals surface area contributed by atoms with Crippen molar-refractivity contribution >= 4 is 5.91 Å². The first-order chi connectivity index (χ1) is 10.2. The highest BCUT2D eigenvalue weighted by Crippen LogP contribution is 2.36. The fraction of sp³-hybridized carbons (Fsp3) is 0.235. The number of benzene rings is 1. The Labute approximate surface area is 123 Å². The predicted octanol–water partition coefficient (Wildman–Crippen LogP) is 2.67. The van der Waals surface area contributed by atoms with Crippen LogP contribution in [0.25, 0.3) is 0 Å². The number of hydrogen-bond donors (Lipinski definition) is 1. The van der Waals surface area contributed by atoms with Gasteiger partial charge in [-0.05, 0) is 24.6 Å². The van der Waals surface area contributed by atoms with Crippen LogP contribution in [0, 0.1) is 0 Å². The van der Waals surface area contributed by atoms with Gasteiger partial charge in [0.15, 0.2) is 0 Å². The number of allylic oxidation sites excluding steroid dienone is 1. The van der Waals surface area contributed by atoms with Gasteiger partial charge in [0.2, 0.25) is 0 Å². The van der Waals surface area contributed by atoms with Crippen molar-refractivity contribution in [1.82, 2.24) is 4.90 Å². The average molecular weight is 283 g/mol. The zero-order chi connectivity index (χ0) is 14.8. The van der Waals surface area contributed by atoms with Gasteiger partial charge in [-0.25, -0.2) is 0 Å². The molecule has 1 aliphatic heterocycles. The lowest BCUT2D eigenvalue weighted by Crippen LogP contribution is -2.57. The molecule has 0 spiro atoms. The second-order valence-electron chi connectivity index (χ2n) is 5.07. The molecule has 1 aromatic carbocycles. The SMILES string of the molecule is C/C=C1\C(=O)N(Cc2ccccc2)C1C(O)c1ccco1. The Morgan fingerprint density at radius 3 is 2.67 bits per heavy atom. The predicted molar refractivity (Wildman–Crippen MR) is 78.2 cm³/mol. The molecular formula is C17H17NO3. The van der Waals surface area contributed by atoms with Gasteiger partial charge >= 0.3 is 0 Å². The maximum Gasteiger partial charge on any atom is 0.252 e. The van der Waals surface area contributed by atoms with Crippen LogP contribution in [0.2, 0.25) is 0 Å². The van der Waals surface area contributed by atoms with Crippen LogP contribution in [0.4, 0.5) is 0 Å². The number of aliphatic hydroxyl groups excluding tert-OH is 1. The second-order valence-corrected chi connectivity index (χ2v) is 5.07. The number of aliphatic hydroxyl groups is 1. The van der Waals surface area contributed by atoms with Gasteiger partial charge in [-0.15, -0.1) is 0 Å². The molecule has 4 heteroatoms. The topological polar surface area (TPSA) is 53.7 Å². The molecule has 1 amide bonds. The van der Waals surface area contributed by atoms with E-state index in [2.05, 4.69) is 0 Å². The van der Waals surface area contributed by atoms with Crippen molar-refractivity contribution in [3.8, 4) is 0 Å². The van der Waals surface area contributed by atoms with Crippen LogP contribution in [-0.4, -0.2) is 22.0 Å². The molecule has 0 bridgehead atoms. The summed E-state index contributed by atoms with van der Waals surface area (Å²) in [4.78, 5) is 13.9. The Morgan fingerprint density at radius 2 is 2.05 bits per heavy atom. The van der Waals surface area contributed by atoms with E-state index in [9.17, 15) is 9.90 Å². The third-order valence-electron chi connectivity index (χ3n) is 3.80. The fourth-order valence-corrected chi connectivity index (χ4v) is 2.72. The van der Waals surface area contributed by atoms with Crippen LogP contribution >= 0.6 is 0 Å².